The van der Waals surface area contributed by atoms with Crippen molar-refractivity contribution in [1.82, 2.24) is 9.88 Å². The zero-order valence-electron chi connectivity index (χ0n) is 12.6. The Hall–Kier alpha value is -1.85. The molecule has 4 rings (SSSR count). The number of ether oxygens (including phenoxy) is 2. The minimum absolute atomic E-state index is 0.0748. The molecule has 3 heterocycles. The van der Waals surface area contributed by atoms with Crippen molar-refractivity contribution < 1.29 is 14.3 Å². The molecule has 0 radical (unpaired) electrons. The normalized spacial score (nSPS) is 27.5. The molecule has 2 aliphatic heterocycles. The smallest absolute Gasteiger partial charge is 0.254 e. The van der Waals surface area contributed by atoms with Crippen molar-refractivity contribution in [2.75, 3.05) is 26.4 Å². The lowest BCUT2D eigenvalue weighted by atomic mass is 10.0. The first-order valence-electron chi connectivity index (χ1n) is 7.85. The number of fused-ring (bicyclic) bond motifs is 2. The van der Waals surface area contributed by atoms with Crippen LogP contribution in [0.15, 0.2) is 30.5 Å². The number of hydrogen-bond donors (Lipinski definition) is 1. The van der Waals surface area contributed by atoms with Crippen LogP contribution < -0.4 is 0 Å². The predicted octanol–water partition coefficient (Wildman–Crippen LogP) is 2.04. The summed E-state index contributed by atoms with van der Waals surface area (Å²) in [6, 6.07) is 7.93. The molecular formula is C17H20N2O3. The van der Waals surface area contributed by atoms with Gasteiger partial charge in [-0.15, -0.1) is 0 Å². The first-order chi connectivity index (χ1) is 10.8. The van der Waals surface area contributed by atoms with E-state index >= 15 is 0 Å². The molecule has 0 aliphatic carbocycles. The average molecular weight is 300 g/mol. The van der Waals surface area contributed by atoms with E-state index in [0.29, 0.717) is 32.3 Å². The van der Waals surface area contributed by atoms with Crippen LogP contribution in [0.1, 0.15) is 17.3 Å². The molecule has 5 heteroatoms. The van der Waals surface area contributed by atoms with E-state index in [-0.39, 0.29) is 18.1 Å². The molecule has 22 heavy (non-hydrogen) atoms. The van der Waals surface area contributed by atoms with Gasteiger partial charge < -0.3 is 19.4 Å². The molecule has 5 nitrogen and oxygen atoms in total. The largest absolute Gasteiger partial charge is 0.379 e. The Balaban J connectivity index is 1.61. The van der Waals surface area contributed by atoms with E-state index in [2.05, 4.69) is 4.98 Å². The van der Waals surface area contributed by atoms with E-state index in [1.54, 1.807) is 0 Å². The van der Waals surface area contributed by atoms with Crippen molar-refractivity contribution in [3.05, 3.63) is 36.0 Å². The number of carbonyl (C=O) groups excluding carboxylic acids is 1. The first kappa shape index (κ1) is 13.8. The summed E-state index contributed by atoms with van der Waals surface area (Å²) in [7, 11) is 0. The van der Waals surface area contributed by atoms with Gasteiger partial charge in [0.15, 0.2) is 0 Å². The van der Waals surface area contributed by atoms with Crippen LogP contribution in [-0.2, 0) is 9.47 Å². The summed E-state index contributed by atoms with van der Waals surface area (Å²) in [6.07, 6.45) is 1.98. The van der Waals surface area contributed by atoms with Crippen molar-refractivity contribution >= 4 is 16.8 Å². The fourth-order valence-electron chi connectivity index (χ4n) is 3.68. The van der Waals surface area contributed by atoms with E-state index in [1.165, 1.54) is 0 Å². The Morgan fingerprint density at radius 2 is 2.32 bits per heavy atom. The van der Waals surface area contributed by atoms with Crippen LogP contribution in [0, 0.1) is 5.92 Å². The number of H-pyrrole nitrogens is 1. The molecule has 1 aromatic heterocycles. The highest BCUT2D eigenvalue weighted by atomic mass is 16.5. The fourth-order valence-corrected chi connectivity index (χ4v) is 3.68. The number of nitrogens with one attached hydrogen (secondary N) is 1. The van der Waals surface area contributed by atoms with Gasteiger partial charge in [0.2, 0.25) is 0 Å². The SMILES string of the molecule is CCO[C@H]1CN(C(=O)c2ccc3[nH]ccc3c2)[C@@H]2COC[C@H]12. The third-order valence-electron chi connectivity index (χ3n) is 4.79. The predicted molar refractivity (Wildman–Crippen MR) is 82.8 cm³/mol. The van der Waals surface area contributed by atoms with Gasteiger partial charge in [0.25, 0.3) is 5.91 Å². The van der Waals surface area contributed by atoms with Crippen molar-refractivity contribution in [2.24, 2.45) is 5.92 Å². The lowest BCUT2D eigenvalue weighted by Crippen LogP contribution is -2.38. The molecule has 116 valence electrons. The second-order valence-corrected chi connectivity index (χ2v) is 6.00. The molecule has 0 unspecified atom stereocenters. The van der Waals surface area contributed by atoms with E-state index in [9.17, 15) is 4.79 Å². The van der Waals surface area contributed by atoms with Gasteiger partial charge in [-0.1, -0.05) is 0 Å². The molecule has 0 bridgehead atoms. The number of carbonyl (C=O) groups is 1. The summed E-state index contributed by atoms with van der Waals surface area (Å²) in [5, 5.41) is 1.06. The number of amides is 1. The Morgan fingerprint density at radius 1 is 1.41 bits per heavy atom. The third-order valence-corrected chi connectivity index (χ3v) is 4.79. The van der Waals surface area contributed by atoms with E-state index in [1.807, 2.05) is 42.3 Å². The standard InChI is InChI=1S/C17H20N2O3/c1-2-22-16-8-19(15-10-21-9-13(15)16)17(20)12-3-4-14-11(7-12)5-6-18-14/h3-7,13,15-16,18H,2,8-10H2,1H3/t13-,15+,16-/m0/s1. The van der Waals surface area contributed by atoms with E-state index < -0.39 is 0 Å². The monoisotopic (exact) mass is 300 g/mol. The number of likely N-dealkylation sites (tertiary alicyclic amines) is 1. The van der Waals surface area contributed by atoms with Crippen LogP contribution in [0.3, 0.4) is 0 Å². The lowest BCUT2D eigenvalue weighted by Gasteiger charge is -2.22. The van der Waals surface area contributed by atoms with Gasteiger partial charge in [0.1, 0.15) is 0 Å². The van der Waals surface area contributed by atoms with Gasteiger partial charge in [-0.2, -0.15) is 0 Å². The second kappa shape index (κ2) is 5.41. The van der Waals surface area contributed by atoms with Gasteiger partial charge in [-0.3, -0.25) is 4.79 Å². The zero-order chi connectivity index (χ0) is 15.1. The second-order valence-electron chi connectivity index (χ2n) is 6.00. The van der Waals surface area contributed by atoms with Crippen LogP contribution in [0.25, 0.3) is 10.9 Å². The lowest BCUT2D eigenvalue weighted by molar-refractivity contribution is 0.0257. The van der Waals surface area contributed by atoms with Crippen LogP contribution >= 0.6 is 0 Å². The first-order valence-corrected chi connectivity index (χ1v) is 7.85. The topological polar surface area (TPSA) is 54.6 Å². The summed E-state index contributed by atoms with van der Waals surface area (Å²) in [4.78, 5) is 18.0. The van der Waals surface area contributed by atoms with Crippen molar-refractivity contribution in [3.8, 4) is 0 Å². The maximum absolute atomic E-state index is 12.9. The number of nitrogens with zero attached hydrogens (tertiary/aromatic N) is 1. The number of hydrogen-bond acceptors (Lipinski definition) is 3. The van der Waals surface area contributed by atoms with Gasteiger partial charge >= 0.3 is 0 Å². The molecule has 2 saturated heterocycles. The fraction of sp³-hybridized carbons (Fsp3) is 0.471. The number of aromatic amines is 1. The van der Waals surface area contributed by atoms with Crippen molar-refractivity contribution in [3.63, 3.8) is 0 Å². The van der Waals surface area contributed by atoms with Crippen LogP contribution in [-0.4, -0.2) is 54.3 Å². The number of benzene rings is 1. The van der Waals surface area contributed by atoms with E-state index in [0.717, 1.165) is 16.5 Å². The van der Waals surface area contributed by atoms with Crippen LogP contribution in [0.2, 0.25) is 0 Å². The minimum atomic E-state index is 0.0748. The highest BCUT2D eigenvalue weighted by molar-refractivity contribution is 5.98. The van der Waals surface area contributed by atoms with Crippen LogP contribution in [0.4, 0.5) is 0 Å². The highest BCUT2D eigenvalue weighted by Crippen LogP contribution is 2.33. The molecule has 1 amide bonds. The van der Waals surface area contributed by atoms with Gasteiger partial charge in [-0.25, -0.2) is 0 Å². The Labute approximate surface area is 129 Å². The van der Waals surface area contributed by atoms with Crippen molar-refractivity contribution in [1.29, 1.82) is 0 Å². The van der Waals surface area contributed by atoms with Crippen LogP contribution in [0.5, 0.6) is 0 Å². The van der Waals surface area contributed by atoms with E-state index in [4.69, 9.17) is 9.47 Å². The van der Waals surface area contributed by atoms with Gasteiger partial charge in [0, 0.05) is 41.7 Å². The zero-order valence-corrected chi connectivity index (χ0v) is 12.6. The highest BCUT2D eigenvalue weighted by Gasteiger charge is 2.47. The minimum Gasteiger partial charge on any atom is -0.379 e. The Kier molecular flexibility index (Phi) is 3.39. The molecule has 0 spiro atoms. The maximum Gasteiger partial charge on any atom is 0.254 e. The number of rotatable bonds is 3. The maximum atomic E-state index is 12.9. The molecule has 2 fully saturated rings. The Morgan fingerprint density at radius 3 is 3.18 bits per heavy atom. The average Bonchev–Trinajstić information content (AvgIpc) is 3.23. The summed E-state index contributed by atoms with van der Waals surface area (Å²) < 4.78 is 11.4. The molecular weight excluding hydrogens is 280 g/mol. The molecule has 0 saturated carbocycles. The van der Waals surface area contributed by atoms with Gasteiger partial charge in [-0.05, 0) is 31.2 Å². The molecule has 2 aromatic rings. The molecule has 1 aromatic carbocycles. The quantitative estimate of drug-likeness (QED) is 0.944. The van der Waals surface area contributed by atoms with Gasteiger partial charge in [0.05, 0.1) is 25.4 Å². The molecule has 1 N–H and O–H groups in total. The Bertz CT molecular complexity index is 696. The summed E-state index contributed by atoms with van der Waals surface area (Å²) in [5.74, 6) is 0.380. The summed E-state index contributed by atoms with van der Waals surface area (Å²) >= 11 is 0. The molecule has 3 atom stereocenters. The summed E-state index contributed by atoms with van der Waals surface area (Å²) in [5.41, 5.74) is 1.78. The molecule has 2 aliphatic rings. The number of aromatic nitrogens is 1. The third kappa shape index (κ3) is 2.12. The van der Waals surface area contributed by atoms with Crippen molar-refractivity contribution in [2.45, 2.75) is 19.1 Å². The summed E-state index contributed by atoms with van der Waals surface area (Å²) in [6.45, 7) is 4.64.